The molecule has 0 unspecified atom stereocenters. The maximum Gasteiger partial charge on any atom is 0.321 e. The van der Waals surface area contributed by atoms with Gasteiger partial charge in [-0.25, -0.2) is 28.2 Å². The molecular weight excluding hydrogens is 514 g/mol. The summed E-state index contributed by atoms with van der Waals surface area (Å²) in [6.45, 7) is 4.89. The highest BCUT2D eigenvalue weighted by Gasteiger charge is 2.30. The van der Waals surface area contributed by atoms with Crippen molar-refractivity contribution in [2.75, 3.05) is 29.8 Å². The van der Waals surface area contributed by atoms with Gasteiger partial charge >= 0.3 is 6.03 Å². The molecule has 37 heavy (non-hydrogen) atoms. The Hall–Kier alpha value is -3.68. The van der Waals surface area contributed by atoms with Crippen LogP contribution in [0, 0.1) is 6.92 Å². The smallest absolute Gasteiger partial charge is 0.321 e. The van der Waals surface area contributed by atoms with Gasteiger partial charge < -0.3 is 10.1 Å². The van der Waals surface area contributed by atoms with Crippen LogP contribution < -0.4 is 15.4 Å². The monoisotopic (exact) mass is 539 g/mol. The standard InChI is InChI=1S/C24H25N7O4S2/c1-3-25-23(32)30-24-29-20-9-15(8-18(21(20)36-24)19-5-4-14(2)10-26-19)16-11-27-22(28-12-16)31-37(33,34)17-6-7-35-13-17/h4-5,8-12,17H,3,6-7,13H2,1-2H3,(H,27,28,31)(H2,25,29,30,32)/t17-/m0/s1. The van der Waals surface area contributed by atoms with Gasteiger partial charge in [0.2, 0.25) is 16.0 Å². The van der Waals surface area contributed by atoms with Crippen LogP contribution in [0.3, 0.4) is 0 Å². The number of carbonyl (C=O) groups excluding carboxylic acids is 1. The number of aryl methyl sites for hydroxylation is 1. The fraction of sp³-hybridized carbons (Fsp3) is 0.292. The average molecular weight is 540 g/mol. The predicted molar refractivity (Wildman–Crippen MR) is 143 cm³/mol. The van der Waals surface area contributed by atoms with Crippen molar-refractivity contribution in [3.63, 3.8) is 0 Å². The number of amides is 2. The number of anilines is 2. The van der Waals surface area contributed by atoms with Gasteiger partial charge in [-0.15, -0.1) is 0 Å². The molecule has 3 N–H and O–H groups in total. The number of rotatable bonds is 7. The van der Waals surface area contributed by atoms with Gasteiger partial charge in [0.05, 0.1) is 22.5 Å². The van der Waals surface area contributed by atoms with E-state index in [0.717, 1.165) is 27.1 Å². The van der Waals surface area contributed by atoms with Crippen LogP contribution in [-0.4, -0.2) is 59.4 Å². The van der Waals surface area contributed by atoms with E-state index in [1.165, 1.54) is 11.3 Å². The highest BCUT2D eigenvalue weighted by Crippen LogP contribution is 2.38. The molecular formula is C24H25N7O4S2. The first-order chi connectivity index (χ1) is 17.8. The lowest BCUT2D eigenvalue weighted by Gasteiger charge is -2.11. The molecule has 1 aliphatic heterocycles. The Kier molecular flexibility index (Phi) is 7.00. The van der Waals surface area contributed by atoms with E-state index in [1.807, 2.05) is 38.1 Å². The first-order valence-electron chi connectivity index (χ1n) is 11.7. The SMILES string of the molecule is CCNC(=O)Nc1nc2cc(-c3cnc(NS(=O)(=O)[C@H]4CCOC4)nc3)cc(-c3ccc(C)cn3)c2s1. The zero-order chi connectivity index (χ0) is 26.0. The van der Waals surface area contributed by atoms with Gasteiger partial charge in [-0.05, 0) is 49.6 Å². The lowest BCUT2D eigenvalue weighted by molar-refractivity contribution is 0.198. The summed E-state index contributed by atoms with van der Waals surface area (Å²) in [6, 6.07) is 7.44. The summed E-state index contributed by atoms with van der Waals surface area (Å²) >= 11 is 1.36. The Balaban J connectivity index is 1.50. The number of nitrogens with zero attached hydrogens (tertiary/aromatic N) is 4. The lowest BCUT2D eigenvalue weighted by atomic mass is 10.0. The Morgan fingerprint density at radius 3 is 2.62 bits per heavy atom. The largest absolute Gasteiger partial charge is 0.380 e. The zero-order valence-corrected chi connectivity index (χ0v) is 21.8. The van der Waals surface area contributed by atoms with E-state index in [4.69, 9.17) is 4.74 Å². The highest BCUT2D eigenvalue weighted by molar-refractivity contribution is 7.93. The van der Waals surface area contributed by atoms with Crippen molar-refractivity contribution in [2.45, 2.75) is 25.5 Å². The van der Waals surface area contributed by atoms with Gasteiger partial charge in [0.15, 0.2) is 5.13 Å². The topological polar surface area (TPSA) is 148 Å². The molecule has 2 amide bonds. The van der Waals surface area contributed by atoms with Gasteiger partial charge in [-0.1, -0.05) is 17.4 Å². The molecule has 0 bridgehead atoms. The van der Waals surface area contributed by atoms with Crippen LogP contribution in [0.4, 0.5) is 15.9 Å². The molecule has 0 aliphatic carbocycles. The lowest BCUT2D eigenvalue weighted by Crippen LogP contribution is -2.28. The van der Waals surface area contributed by atoms with E-state index in [0.29, 0.717) is 35.8 Å². The fourth-order valence-electron chi connectivity index (χ4n) is 3.87. The second-order valence-electron chi connectivity index (χ2n) is 8.52. The summed E-state index contributed by atoms with van der Waals surface area (Å²) in [5.41, 5.74) is 4.77. The van der Waals surface area contributed by atoms with Crippen molar-refractivity contribution in [3.8, 4) is 22.4 Å². The van der Waals surface area contributed by atoms with Crippen LogP contribution in [0.2, 0.25) is 0 Å². The van der Waals surface area contributed by atoms with Gasteiger partial charge in [0.25, 0.3) is 0 Å². The van der Waals surface area contributed by atoms with Crippen LogP contribution in [0.1, 0.15) is 18.9 Å². The van der Waals surface area contributed by atoms with Crippen LogP contribution in [0.15, 0.2) is 42.9 Å². The van der Waals surface area contributed by atoms with E-state index in [9.17, 15) is 13.2 Å². The molecule has 0 radical (unpaired) electrons. The van der Waals surface area contributed by atoms with Crippen LogP contribution in [-0.2, 0) is 14.8 Å². The molecule has 192 valence electrons. The van der Waals surface area contributed by atoms with E-state index in [2.05, 4.69) is 35.3 Å². The van der Waals surface area contributed by atoms with Crippen molar-refractivity contribution >= 4 is 48.7 Å². The second kappa shape index (κ2) is 10.4. The van der Waals surface area contributed by atoms with Gasteiger partial charge in [0.1, 0.15) is 5.25 Å². The first-order valence-corrected chi connectivity index (χ1v) is 14.0. The Bertz CT molecular complexity index is 1530. The molecule has 5 rings (SSSR count). The molecule has 11 nitrogen and oxygen atoms in total. The molecule has 13 heteroatoms. The maximum absolute atomic E-state index is 12.5. The van der Waals surface area contributed by atoms with Crippen molar-refractivity contribution in [1.82, 2.24) is 25.3 Å². The van der Waals surface area contributed by atoms with Crippen molar-refractivity contribution in [3.05, 3.63) is 48.4 Å². The molecule has 1 saturated heterocycles. The third kappa shape index (κ3) is 5.53. The molecule has 4 heterocycles. The fourth-order valence-corrected chi connectivity index (χ4v) is 6.04. The number of carbonyl (C=O) groups is 1. The van der Waals surface area contributed by atoms with E-state index < -0.39 is 15.3 Å². The Morgan fingerprint density at radius 2 is 1.95 bits per heavy atom. The van der Waals surface area contributed by atoms with E-state index in [-0.39, 0.29) is 18.6 Å². The number of hydrogen-bond acceptors (Lipinski definition) is 9. The van der Waals surface area contributed by atoms with E-state index in [1.54, 1.807) is 18.6 Å². The number of fused-ring (bicyclic) bond motifs is 1. The van der Waals surface area contributed by atoms with Crippen molar-refractivity contribution in [1.29, 1.82) is 0 Å². The highest BCUT2D eigenvalue weighted by atomic mass is 32.2. The first kappa shape index (κ1) is 25.0. The second-order valence-corrected chi connectivity index (χ2v) is 11.5. The summed E-state index contributed by atoms with van der Waals surface area (Å²) < 4.78 is 33.6. The summed E-state index contributed by atoms with van der Waals surface area (Å²) in [4.78, 5) is 29.7. The number of nitrogens with one attached hydrogen (secondary N) is 3. The molecule has 4 aromatic rings. The molecule has 1 atom stereocenters. The van der Waals surface area contributed by atoms with Crippen molar-refractivity contribution in [2.24, 2.45) is 0 Å². The molecule has 0 saturated carbocycles. The van der Waals surface area contributed by atoms with Crippen LogP contribution in [0.5, 0.6) is 0 Å². The normalized spacial score (nSPS) is 15.6. The number of benzene rings is 1. The number of thiazole rings is 1. The minimum atomic E-state index is -3.63. The predicted octanol–water partition coefficient (Wildman–Crippen LogP) is 3.80. The third-order valence-electron chi connectivity index (χ3n) is 5.78. The van der Waals surface area contributed by atoms with Gasteiger partial charge in [-0.2, -0.15) is 0 Å². The number of urea groups is 1. The maximum atomic E-state index is 12.5. The van der Waals surface area contributed by atoms with Crippen molar-refractivity contribution < 1.29 is 17.9 Å². The average Bonchev–Trinajstić information content (AvgIpc) is 3.55. The molecule has 0 spiro atoms. The number of pyridine rings is 1. The summed E-state index contributed by atoms with van der Waals surface area (Å²) in [7, 11) is -3.63. The molecule has 1 aliphatic rings. The van der Waals surface area contributed by atoms with Crippen LogP contribution >= 0.6 is 11.3 Å². The minimum Gasteiger partial charge on any atom is -0.380 e. The Labute approximate surface area is 217 Å². The number of aromatic nitrogens is 4. The summed E-state index contributed by atoms with van der Waals surface area (Å²) in [6.07, 6.45) is 5.35. The zero-order valence-electron chi connectivity index (χ0n) is 20.2. The minimum absolute atomic E-state index is 0.000709. The Morgan fingerprint density at radius 1 is 1.14 bits per heavy atom. The molecule has 1 fully saturated rings. The summed E-state index contributed by atoms with van der Waals surface area (Å²) in [5.74, 6) is -0.000709. The van der Waals surface area contributed by atoms with Gasteiger partial charge in [-0.3, -0.25) is 15.0 Å². The quantitative estimate of drug-likeness (QED) is 0.321. The third-order valence-corrected chi connectivity index (χ3v) is 8.52. The number of sulfonamides is 1. The molecule has 3 aromatic heterocycles. The molecule has 1 aromatic carbocycles. The summed E-state index contributed by atoms with van der Waals surface area (Å²) in [5, 5.41) is 5.31. The number of hydrogen-bond donors (Lipinski definition) is 3. The van der Waals surface area contributed by atoms with E-state index >= 15 is 0 Å². The number of ether oxygens (including phenoxy) is 1. The van der Waals surface area contributed by atoms with Crippen LogP contribution in [0.25, 0.3) is 32.6 Å². The van der Waals surface area contributed by atoms with Gasteiger partial charge in [0, 0.05) is 42.9 Å².